The molecule has 1 N–H and O–H groups in total. The second-order valence-electron chi connectivity index (χ2n) is 8.49. The number of aliphatic imine (C=N–C) groups is 1. The molecule has 0 radical (unpaired) electrons. The molecule has 0 fully saturated rings. The number of carbonyl (C=O) groups is 1. The molecule has 2 aromatic carbocycles. The van der Waals surface area contributed by atoms with Crippen molar-refractivity contribution in [3.05, 3.63) is 112 Å². The molecule has 2 aromatic heterocycles. The van der Waals surface area contributed by atoms with Crippen molar-refractivity contribution in [1.82, 2.24) is 14.9 Å². The fourth-order valence-corrected chi connectivity index (χ4v) is 6.55. The van der Waals surface area contributed by atoms with Crippen LogP contribution >= 0.6 is 23.1 Å². The molecule has 7 nitrogen and oxygen atoms in total. The highest BCUT2D eigenvalue weighted by atomic mass is 32.2. The summed E-state index contributed by atoms with van der Waals surface area (Å²) in [5, 5.41) is 16.7. The molecule has 0 bridgehead atoms. The third kappa shape index (κ3) is 4.20. The van der Waals surface area contributed by atoms with Crippen LogP contribution in [-0.4, -0.2) is 25.9 Å². The molecule has 0 aliphatic carbocycles. The maximum absolute atomic E-state index is 13.7. The third-order valence-electron chi connectivity index (χ3n) is 6.20. The second kappa shape index (κ2) is 9.65. The second-order valence-corrected chi connectivity index (χ2v) is 10.4. The lowest BCUT2D eigenvalue weighted by molar-refractivity contribution is -0.113. The highest BCUT2D eigenvalue weighted by Crippen LogP contribution is 2.48. The normalized spacial score (nSPS) is 17.6. The van der Waals surface area contributed by atoms with Crippen LogP contribution < -0.4 is 5.32 Å². The summed E-state index contributed by atoms with van der Waals surface area (Å²) in [7, 11) is 0. The number of aromatic nitrogens is 2. The van der Waals surface area contributed by atoms with E-state index in [9.17, 15) is 10.1 Å². The number of carbonyl (C=O) groups excluding carboxylic acids is 1. The number of thiazole rings is 1. The topological polar surface area (TPSA) is 94.3 Å². The summed E-state index contributed by atoms with van der Waals surface area (Å²) >= 11 is 2.97. The standard InChI is InChI=1S/C28H20N6OS2/c1-17-24(26(35)33-23-13-7-8-14-30-23)25(18-9-3-2-4-10-18)34-21(16-36-28(34)31-17)19(15-29)27-32-20-11-5-6-12-22(20)37-27/h2-14,16,19,25H,1H3,(H,30,33,35). The Morgan fingerprint density at radius 1 is 1.08 bits per heavy atom. The fourth-order valence-electron chi connectivity index (χ4n) is 4.54. The zero-order valence-electron chi connectivity index (χ0n) is 19.7. The Morgan fingerprint density at radius 2 is 1.86 bits per heavy atom. The molecule has 4 aromatic rings. The van der Waals surface area contributed by atoms with Gasteiger partial charge < -0.3 is 10.2 Å². The molecule has 6 rings (SSSR count). The molecule has 4 heterocycles. The number of amidine groups is 1. The predicted molar refractivity (Wildman–Crippen MR) is 148 cm³/mol. The zero-order valence-corrected chi connectivity index (χ0v) is 21.3. The SMILES string of the molecule is CC1=C(C(=O)Nc2ccccn2)C(c2ccccc2)N2C(C(C#N)c3nc4ccccc4s3)=CSC2=N1. The van der Waals surface area contributed by atoms with Gasteiger partial charge in [0.25, 0.3) is 5.91 Å². The number of rotatable bonds is 5. The summed E-state index contributed by atoms with van der Waals surface area (Å²) < 4.78 is 1.03. The Balaban J connectivity index is 1.44. The van der Waals surface area contributed by atoms with Crippen LogP contribution in [0, 0.1) is 11.3 Å². The van der Waals surface area contributed by atoms with Crippen LogP contribution in [-0.2, 0) is 4.79 Å². The van der Waals surface area contributed by atoms with Gasteiger partial charge in [0.2, 0.25) is 0 Å². The Hall–Kier alpha value is -4.26. The van der Waals surface area contributed by atoms with E-state index in [2.05, 4.69) is 16.4 Å². The molecule has 2 aliphatic rings. The summed E-state index contributed by atoms with van der Waals surface area (Å²) in [4.78, 5) is 29.5. The number of nitriles is 1. The summed E-state index contributed by atoms with van der Waals surface area (Å²) in [6.45, 7) is 1.85. The highest BCUT2D eigenvalue weighted by molar-refractivity contribution is 8.16. The first-order valence-electron chi connectivity index (χ1n) is 11.6. The van der Waals surface area contributed by atoms with Gasteiger partial charge in [0, 0.05) is 11.6 Å². The summed E-state index contributed by atoms with van der Waals surface area (Å²) in [6, 6.07) is 25.1. The number of anilines is 1. The van der Waals surface area contributed by atoms with Crippen molar-refractivity contribution in [2.45, 2.75) is 18.9 Å². The van der Waals surface area contributed by atoms with Crippen molar-refractivity contribution in [2.24, 2.45) is 4.99 Å². The van der Waals surface area contributed by atoms with Gasteiger partial charge in [0.1, 0.15) is 16.7 Å². The number of hydrogen-bond donors (Lipinski definition) is 1. The Kier molecular flexibility index (Phi) is 6.04. The van der Waals surface area contributed by atoms with E-state index in [1.165, 1.54) is 23.1 Å². The molecule has 2 unspecified atom stereocenters. The number of para-hydroxylation sites is 1. The van der Waals surface area contributed by atoms with E-state index in [1.54, 1.807) is 18.3 Å². The number of amides is 1. The maximum atomic E-state index is 13.7. The number of thioether (sulfide) groups is 1. The van der Waals surface area contributed by atoms with Gasteiger partial charge in [-0.1, -0.05) is 60.3 Å². The van der Waals surface area contributed by atoms with Crippen LogP contribution in [0.2, 0.25) is 0 Å². The lowest BCUT2D eigenvalue weighted by atomic mass is 9.92. The van der Waals surface area contributed by atoms with E-state index in [0.29, 0.717) is 17.1 Å². The average molecular weight is 521 g/mol. The highest BCUT2D eigenvalue weighted by Gasteiger charge is 2.43. The third-order valence-corrected chi connectivity index (χ3v) is 8.16. The minimum atomic E-state index is -0.609. The van der Waals surface area contributed by atoms with E-state index in [1.807, 2.05) is 77.9 Å². The van der Waals surface area contributed by atoms with Crippen LogP contribution in [0.5, 0.6) is 0 Å². The molecular weight excluding hydrogens is 500 g/mol. The zero-order chi connectivity index (χ0) is 25.4. The van der Waals surface area contributed by atoms with Gasteiger partial charge in [-0.15, -0.1) is 11.3 Å². The van der Waals surface area contributed by atoms with Gasteiger partial charge in [0.05, 0.1) is 39.3 Å². The first kappa shape index (κ1) is 23.2. The maximum Gasteiger partial charge on any atom is 0.257 e. The van der Waals surface area contributed by atoms with Crippen molar-refractivity contribution >= 4 is 50.2 Å². The molecule has 0 saturated heterocycles. The number of benzene rings is 2. The van der Waals surface area contributed by atoms with Gasteiger partial charge in [-0.2, -0.15) is 5.26 Å². The van der Waals surface area contributed by atoms with Gasteiger partial charge in [-0.25, -0.2) is 15.0 Å². The Labute approximate surface area is 221 Å². The van der Waals surface area contributed by atoms with Crippen LogP contribution in [0.25, 0.3) is 10.2 Å². The van der Waals surface area contributed by atoms with Gasteiger partial charge in [-0.3, -0.25) is 4.79 Å². The van der Waals surface area contributed by atoms with Gasteiger partial charge >= 0.3 is 0 Å². The monoisotopic (exact) mass is 520 g/mol. The number of fused-ring (bicyclic) bond motifs is 2. The van der Waals surface area contributed by atoms with Gasteiger partial charge in [-0.05, 0) is 36.8 Å². The summed E-state index contributed by atoms with van der Waals surface area (Å²) in [6.07, 6.45) is 1.64. The Bertz CT molecular complexity index is 1600. The summed E-state index contributed by atoms with van der Waals surface area (Å²) in [5.74, 6) is -0.426. The minimum Gasteiger partial charge on any atom is -0.310 e. The van der Waals surface area contributed by atoms with Crippen LogP contribution in [0.1, 0.15) is 29.5 Å². The molecule has 180 valence electrons. The van der Waals surface area contributed by atoms with Crippen LogP contribution in [0.15, 0.2) is 106 Å². The van der Waals surface area contributed by atoms with Crippen molar-refractivity contribution in [2.75, 3.05) is 5.32 Å². The lowest BCUT2D eigenvalue weighted by Crippen LogP contribution is -2.38. The van der Waals surface area contributed by atoms with Crippen LogP contribution in [0.3, 0.4) is 0 Å². The lowest BCUT2D eigenvalue weighted by Gasteiger charge is -2.37. The van der Waals surface area contributed by atoms with E-state index >= 15 is 0 Å². The Morgan fingerprint density at radius 3 is 2.62 bits per heavy atom. The van der Waals surface area contributed by atoms with Crippen molar-refractivity contribution < 1.29 is 4.79 Å². The van der Waals surface area contributed by atoms with Crippen molar-refractivity contribution in [3.8, 4) is 6.07 Å². The fraction of sp³-hybridized carbons (Fsp3) is 0.107. The average Bonchev–Trinajstić information content (AvgIpc) is 3.54. The minimum absolute atomic E-state index is 0.280. The molecular formula is C28H20N6OS2. The molecule has 9 heteroatoms. The molecule has 0 saturated carbocycles. The summed E-state index contributed by atoms with van der Waals surface area (Å²) in [5.41, 5.74) is 3.69. The van der Waals surface area contributed by atoms with E-state index < -0.39 is 12.0 Å². The first-order chi connectivity index (χ1) is 18.1. The van der Waals surface area contributed by atoms with E-state index in [0.717, 1.165) is 31.7 Å². The van der Waals surface area contributed by atoms with E-state index in [-0.39, 0.29) is 5.91 Å². The number of hydrogen-bond acceptors (Lipinski definition) is 8. The van der Waals surface area contributed by atoms with Crippen molar-refractivity contribution in [3.63, 3.8) is 0 Å². The number of pyridine rings is 1. The molecule has 37 heavy (non-hydrogen) atoms. The van der Waals surface area contributed by atoms with Crippen molar-refractivity contribution in [1.29, 1.82) is 5.26 Å². The number of allylic oxidation sites excluding steroid dienone is 2. The quantitative estimate of drug-likeness (QED) is 0.336. The van der Waals surface area contributed by atoms with Crippen LogP contribution in [0.4, 0.5) is 5.82 Å². The molecule has 0 spiro atoms. The first-order valence-corrected chi connectivity index (χ1v) is 13.3. The molecule has 1 amide bonds. The molecule has 2 atom stereocenters. The smallest absolute Gasteiger partial charge is 0.257 e. The number of nitrogens with zero attached hydrogens (tertiary/aromatic N) is 5. The largest absolute Gasteiger partial charge is 0.310 e. The predicted octanol–water partition coefficient (Wildman–Crippen LogP) is 6.21. The van der Waals surface area contributed by atoms with E-state index in [4.69, 9.17) is 9.98 Å². The van der Waals surface area contributed by atoms with Gasteiger partial charge in [0.15, 0.2) is 5.17 Å². The number of nitrogens with one attached hydrogen (secondary N) is 1. The molecule has 2 aliphatic heterocycles.